The van der Waals surface area contributed by atoms with Crippen molar-refractivity contribution in [3.05, 3.63) is 36.2 Å². The maximum atomic E-state index is 12.5. The number of rotatable bonds is 5. The summed E-state index contributed by atoms with van der Waals surface area (Å²) in [5, 5.41) is 3.10. The van der Waals surface area contributed by atoms with E-state index in [0.717, 1.165) is 25.9 Å². The van der Waals surface area contributed by atoms with Gasteiger partial charge in [-0.2, -0.15) is 0 Å². The molecule has 0 atom stereocenters. The number of amides is 1. The number of hydrogen-bond donors (Lipinski definition) is 1. The smallest absolute Gasteiger partial charge is 0.256 e. The van der Waals surface area contributed by atoms with Gasteiger partial charge in [-0.3, -0.25) is 4.79 Å². The minimum atomic E-state index is -0.0117. The second-order valence-electron chi connectivity index (χ2n) is 6.46. The molecule has 26 heavy (non-hydrogen) atoms. The molecule has 1 fully saturated rings. The van der Waals surface area contributed by atoms with Crippen LogP contribution in [0.3, 0.4) is 0 Å². The molecule has 1 aliphatic heterocycles. The first-order chi connectivity index (χ1) is 12.6. The van der Waals surface area contributed by atoms with Crippen molar-refractivity contribution in [2.45, 2.75) is 19.8 Å². The predicted molar refractivity (Wildman–Crippen MR) is 99.2 cm³/mol. The molecule has 1 amide bonds. The molecule has 1 aliphatic rings. The molecule has 0 spiro atoms. The predicted octanol–water partition coefficient (Wildman–Crippen LogP) is 3.11. The molecule has 3 rings (SSSR count). The molecular weight excluding hydrogens is 332 g/mol. The van der Waals surface area contributed by atoms with Gasteiger partial charge < -0.3 is 19.7 Å². The third-order valence-electron chi connectivity index (χ3n) is 4.62. The van der Waals surface area contributed by atoms with Gasteiger partial charge >= 0.3 is 0 Å². The Morgan fingerprint density at radius 1 is 1.15 bits per heavy atom. The summed E-state index contributed by atoms with van der Waals surface area (Å²) < 4.78 is 10.6. The van der Waals surface area contributed by atoms with Gasteiger partial charge in [0, 0.05) is 31.5 Å². The van der Waals surface area contributed by atoms with E-state index in [1.54, 1.807) is 38.7 Å². The van der Waals surface area contributed by atoms with Gasteiger partial charge in [-0.1, -0.05) is 6.92 Å². The zero-order valence-electron chi connectivity index (χ0n) is 15.4. The number of ether oxygens (including phenoxy) is 2. The molecular formula is C19H24N4O3. The van der Waals surface area contributed by atoms with Crippen molar-refractivity contribution in [1.29, 1.82) is 0 Å². The van der Waals surface area contributed by atoms with Crippen LogP contribution in [0.2, 0.25) is 0 Å². The van der Waals surface area contributed by atoms with Crippen LogP contribution in [0.5, 0.6) is 11.5 Å². The molecule has 1 saturated heterocycles. The number of nitrogens with one attached hydrogen (secondary N) is 1. The molecule has 138 valence electrons. The standard InChI is InChI=1S/C19H24N4O3/c1-13-6-8-23(9-7-13)18(24)14-11-20-19(21-12-14)22-16-10-15(25-2)4-5-17(16)26-3/h4-5,10-13H,6-9H2,1-3H3,(H,20,21,22). The van der Waals surface area contributed by atoms with E-state index in [4.69, 9.17) is 9.47 Å². The zero-order chi connectivity index (χ0) is 18.5. The van der Waals surface area contributed by atoms with E-state index >= 15 is 0 Å². The average molecular weight is 356 g/mol. The fourth-order valence-electron chi connectivity index (χ4n) is 2.93. The Kier molecular flexibility index (Phi) is 5.55. The topological polar surface area (TPSA) is 76.6 Å². The van der Waals surface area contributed by atoms with Gasteiger partial charge in [0.15, 0.2) is 0 Å². The molecule has 1 aromatic carbocycles. The lowest BCUT2D eigenvalue weighted by Crippen LogP contribution is -2.38. The summed E-state index contributed by atoms with van der Waals surface area (Å²) in [5.74, 6) is 2.40. The number of methoxy groups -OCH3 is 2. The molecule has 7 nitrogen and oxygen atoms in total. The Morgan fingerprint density at radius 2 is 1.85 bits per heavy atom. The van der Waals surface area contributed by atoms with Crippen LogP contribution in [-0.4, -0.2) is 48.1 Å². The van der Waals surface area contributed by atoms with Crippen molar-refractivity contribution in [2.24, 2.45) is 5.92 Å². The number of nitrogens with zero attached hydrogens (tertiary/aromatic N) is 3. The van der Waals surface area contributed by atoms with Gasteiger partial charge in [0.05, 0.1) is 25.5 Å². The summed E-state index contributed by atoms with van der Waals surface area (Å²) in [6, 6.07) is 5.42. The monoisotopic (exact) mass is 356 g/mol. The summed E-state index contributed by atoms with van der Waals surface area (Å²) in [6.07, 6.45) is 5.20. The van der Waals surface area contributed by atoms with Crippen LogP contribution < -0.4 is 14.8 Å². The number of likely N-dealkylation sites (tertiary alicyclic amines) is 1. The number of benzene rings is 1. The van der Waals surface area contributed by atoms with E-state index < -0.39 is 0 Å². The summed E-state index contributed by atoms with van der Waals surface area (Å²) in [4.78, 5) is 23.0. The lowest BCUT2D eigenvalue weighted by atomic mass is 9.99. The number of anilines is 2. The van der Waals surface area contributed by atoms with E-state index in [1.807, 2.05) is 11.0 Å². The van der Waals surface area contributed by atoms with Crippen molar-refractivity contribution >= 4 is 17.5 Å². The van der Waals surface area contributed by atoms with Crippen LogP contribution in [0, 0.1) is 5.92 Å². The second kappa shape index (κ2) is 8.03. The third-order valence-corrected chi connectivity index (χ3v) is 4.62. The van der Waals surface area contributed by atoms with Crippen molar-refractivity contribution in [1.82, 2.24) is 14.9 Å². The summed E-state index contributed by atoms with van der Waals surface area (Å²) >= 11 is 0. The first-order valence-electron chi connectivity index (χ1n) is 8.71. The van der Waals surface area contributed by atoms with Crippen LogP contribution in [0.25, 0.3) is 0 Å². The van der Waals surface area contributed by atoms with Crippen LogP contribution in [0.15, 0.2) is 30.6 Å². The Labute approximate surface area is 153 Å². The first-order valence-corrected chi connectivity index (χ1v) is 8.71. The lowest BCUT2D eigenvalue weighted by molar-refractivity contribution is 0.0696. The van der Waals surface area contributed by atoms with Crippen molar-refractivity contribution in [3.63, 3.8) is 0 Å². The van der Waals surface area contributed by atoms with Crippen LogP contribution in [0.4, 0.5) is 11.6 Å². The van der Waals surface area contributed by atoms with E-state index in [2.05, 4.69) is 22.2 Å². The Morgan fingerprint density at radius 3 is 2.46 bits per heavy atom. The lowest BCUT2D eigenvalue weighted by Gasteiger charge is -2.30. The summed E-state index contributed by atoms with van der Waals surface area (Å²) in [6.45, 7) is 3.81. The fourth-order valence-corrected chi connectivity index (χ4v) is 2.93. The SMILES string of the molecule is COc1ccc(OC)c(Nc2ncc(C(=O)N3CCC(C)CC3)cn2)c1. The molecule has 2 aromatic rings. The number of aromatic nitrogens is 2. The highest BCUT2D eigenvalue weighted by Crippen LogP contribution is 2.30. The van der Waals surface area contributed by atoms with Crippen LogP contribution in [-0.2, 0) is 0 Å². The Balaban J connectivity index is 1.71. The van der Waals surface area contributed by atoms with Crippen LogP contribution in [0.1, 0.15) is 30.1 Å². The molecule has 0 bridgehead atoms. The quantitative estimate of drug-likeness (QED) is 0.887. The highest BCUT2D eigenvalue weighted by atomic mass is 16.5. The van der Waals surface area contributed by atoms with E-state index in [0.29, 0.717) is 34.6 Å². The van der Waals surface area contributed by atoms with Gasteiger partial charge in [-0.15, -0.1) is 0 Å². The van der Waals surface area contributed by atoms with Gasteiger partial charge in [-0.25, -0.2) is 9.97 Å². The fraction of sp³-hybridized carbons (Fsp3) is 0.421. The molecule has 1 N–H and O–H groups in total. The molecule has 0 aliphatic carbocycles. The zero-order valence-corrected chi connectivity index (χ0v) is 15.4. The molecule has 7 heteroatoms. The van der Waals surface area contributed by atoms with Crippen molar-refractivity contribution in [3.8, 4) is 11.5 Å². The van der Waals surface area contributed by atoms with Crippen molar-refractivity contribution < 1.29 is 14.3 Å². The largest absolute Gasteiger partial charge is 0.497 e. The average Bonchev–Trinajstić information content (AvgIpc) is 2.68. The van der Waals surface area contributed by atoms with Gasteiger partial charge in [0.1, 0.15) is 11.5 Å². The summed E-state index contributed by atoms with van der Waals surface area (Å²) in [5.41, 5.74) is 1.19. The van der Waals surface area contributed by atoms with Gasteiger partial charge in [-0.05, 0) is 30.9 Å². The minimum absolute atomic E-state index is 0.0117. The molecule has 2 heterocycles. The number of hydrogen-bond acceptors (Lipinski definition) is 6. The first kappa shape index (κ1) is 18.0. The second-order valence-corrected chi connectivity index (χ2v) is 6.46. The Bertz CT molecular complexity index is 756. The molecule has 0 unspecified atom stereocenters. The third kappa shape index (κ3) is 4.04. The van der Waals surface area contributed by atoms with Crippen molar-refractivity contribution in [2.75, 3.05) is 32.6 Å². The number of carbonyl (C=O) groups is 1. The minimum Gasteiger partial charge on any atom is -0.497 e. The number of piperidine rings is 1. The van der Waals surface area contributed by atoms with E-state index in [-0.39, 0.29) is 5.91 Å². The molecule has 1 aromatic heterocycles. The maximum absolute atomic E-state index is 12.5. The Hall–Kier alpha value is -2.83. The maximum Gasteiger partial charge on any atom is 0.256 e. The summed E-state index contributed by atoms with van der Waals surface area (Å²) in [7, 11) is 3.19. The number of carbonyl (C=O) groups excluding carboxylic acids is 1. The van der Waals surface area contributed by atoms with Gasteiger partial charge in [0.25, 0.3) is 5.91 Å². The molecule has 0 radical (unpaired) electrons. The van der Waals surface area contributed by atoms with E-state index in [9.17, 15) is 4.79 Å². The van der Waals surface area contributed by atoms with Gasteiger partial charge in [0.2, 0.25) is 5.95 Å². The molecule has 0 saturated carbocycles. The highest BCUT2D eigenvalue weighted by Gasteiger charge is 2.22. The van der Waals surface area contributed by atoms with E-state index in [1.165, 1.54) is 0 Å². The van der Waals surface area contributed by atoms with Crippen LogP contribution >= 0.6 is 0 Å². The highest BCUT2D eigenvalue weighted by molar-refractivity contribution is 5.93. The normalized spacial score (nSPS) is 14.8.